The first-order valence-electron chi connectivity index (χ1n) is 6.31. The van der Waals surface area contributed by atoms with Crippen LogP contribution in [0.5, 0.6) is 5.75 Å². The molecule has 0 aliphatic carbocycles. The number of nitrogens with zero attached hydrogens (tertiary/aromatic N) is 1. The molecule has 22 heavy (non-hydrogen) atoms. The lowest BCUT2D eigenvalue weighted by atomic mass is 10.3. The molecule has 0 atom stereocenters. The average Bonchev–Trinajstić information content (AvgIpc) is 2.42. The van der Waals surface area contributed by atoms with E-state index in [1.54, 1.807) is 24.3 Å². The van der Waals surface area contributed by atoms with Crippen LogP contribution in [0.25, 0.3) is 0 Å². The molecular weight excluding hydrogens is 434 g/mol. The third kappa shape index (κ3) is 9.19. The van der Waals surface area contributed by atoms with Crippen LogP contribution in [-0.2, 0) is 0 Å². The molecule has 0 unspecified atom stereocenters. The molecule has 0 spiro atoms. The maximum atomic E-state index is 12.0. The Bertz CT molecular complexity index is 472. The van der Waals surface area contributed by atoms with Crippen molar-refractivity contribution >= 4 is 41.5 Å². The van der Waals surface area contributed by atoms with Gasteiger partial charge in [0.1, 0.15) is 12.4 Å². The van der Waals surface area contributed by atoms with Crippen molar-refractivity contribution in [1.29, 1.82) is 0 Å². The van der Waals surface area contributed by atoms with Gasteiger partial charge < -0.3 is 15.4 Å². The summed E-state index contributed by atoms with van der Waals surface area (Å²) in [6.45, 7) is 0.467. The predicted molar refractivity (Wildman–Crippen MR) is 92.4 cm³/mol. The maximum absolute atomic E-state index is 12.0. The Balaban J connectivity index is 0.00000441. The third-order valence-corrected chi connectivity index (χ3v) is 2.73. The van der Waals surface area contributed by atoms with Gasteiger partial charge in [0.15, 0.2) is 5.96 Å². The minimum absolute atomic E-state index is 0. The molecule has 0 aliphatic heterocycles. The molecule has 0 aromatic heterocycles. The van der Waals surface area contributed by atoms with E-state index in [4.69, 9.17) is 16.3 Å². The van der Waals surface area contributed by atoms with Gasteiger partial charge in [-0.2, -0.15) is 13.2 Å². The summed E-state index contributed by atoms with van der Waals surface area (Å²) in [6.07, 6.45) is -5.09. The first-order valence-corrected chi connectivity index (χ1v) is 6.69. The first kappa shape index (κ1) is 21.1. The predicted octanol–water partition coefficient (Wildman–Crippen LogP) is 3.45. The topological polar surface area (TPSA) is 45.7 Å². The Labute approximate surface area is 149 Å². The van der Waals surface area contributed by atoms with Gasteiger partial charge in [-0.05, 0) is 12.1 Å². The lowest BCUT2D eigenvalue weighted by molar-refractivity contribution is -0.132. The number of alkyl halides is 3. The molecule has 0 saturated carbocycles. The fourth-order valence-electron chi connectivity index (χ4n) is 1.44. The summed E-state index contributed by atoms with van der Waals surface area (Å²) in [5.41, 5.74) is 0. The van der Waals surface area contributed by atoms with E-state index in [-0.39, 0.29) is 30.5 Å². The van der Waals surface area contributed by atoms with Crippen LogP contribution in [0.4, 0.5) is 13.2 Å². The number of rotatable bonds is 6. The number of hydrogen-bond donors (Lipinski definition) is 2. The van der Waals surface area contributed by atoms with Gasteiger partial charge >= 0.3 is 6.18 Å². The van der Waals surface area contributed by atoms with Crippen LogP contribution in [0.15, 0.2) is 29.3 Å². The molecule has 0 aliphatic rings. The van der Waals surface area contributed by atoms with E-state index >= 15 is 0 Å². The molecule has 0 fully saturated rings. The number of para-hydroxylation sites is 1. The number of guanidine groups is 1. The molecule has 2 N–H and O–H groups in total. The molecule has 4 nitrogen and oxygen atoms in total. The first-order chi connectivity index (χ1) is 9.92. The van der Waals surface area contributed by atoms with Crippen molar-refractivity contribution in [3.8, 4) is 5.75 Å². The molecule has 126 valence electrons. The largest absolute Gasteiger partial charge is 0.490 e. The van der Waals surface area contributed by atoms with Crippen molar-refractivity contribution in [2.75, 3.05) is 26.7 Å². The highest BCUT2D eigenvalue weighted by Gasteiger charge is 2.26. The highest BCUT2D eigenvalue weighted by atomic mass is 127. The van der Waals surface area contributed by atoms with Crippen LogP contribution in [0.2, 0.25) is 5.02 Å². The molecule has 1 aromatic rings. The minimum Gasteiger partial charge on any atom is -0.490 e. The second-order valence-electron chi connectivity index (χ2n) is 4.07. The molecule has 0 amide bonds. The lowest BCUT2D eigenvalue weighted by Gasteiger charge is -2.13. The molecular formula is C13H18ClF3IN3O. The van der Waals surface area contributed by atoms with Crippen LogP contribution in [0, 0.1) is 0 Å². The Kier molecular flexibility index (Phi) is 10.3. The highest BCUT2D eigenvalue weighted by Crippen LogP contribution is 2.22. The van der Waals surface area contributed by atoms with Crippen LogP contribution >= 0.6 is 35.6 Å². The van der Waals surface area contributed by atoms with Gasteiger partial charge in [-0.25, -0.2) is 0 Å². The van der Waals surface area contributed by atoms with E-state index in [9.17, 15) is 13.2 Å². The number of benzene rings is 1. The van der Waals surface area contributed by atoms with Crippen molar-refractivity contribution in [2.45, 2.75) is 12.6 Å². The van der Waals surface area contributed by atoms with Crippen molar-refractivity contribution in [1.82, 2.24) is 10.6 Å². The lowest BCUT2D eigenvalue weighted by Crippen LogP contribution is -2.40. The summed E-state index contributed by atoms with van der Waals surface area (Å²) in [5.74, 6) is 0.850. The number of hydrogen-bond acceptors (Lipinski definition) is 2. The summed E-state index contributed by atoms with van der Waals surface area (Å²) in [6, 6.07) is 7.03. The summed E-state index contributed by atoms with van der Waals surface area (Å²) < 4.78 is 41.5. The maximum Gasteiger partial charge on any atom is 0.390 e. The zero-order chi connectivity index (χ0) is 15.7. The number of aliphatic imine (C=N–C) groups is 1. The van der Waals surface area contributed by atoms with E-state index in [1.807, 2.05) is 0 Å². The fourth-order valence-corrected chi connectivity index (χ4v) is 1.63. The number of halogens is 5. The number of nitrogens with one attached hydrogen (secondary N) is 2. The van der Waals surface area contributed by atoms with E-state index in [2.05, 4.69) is 15.6 Å². The molecule has 0 bridgehead atoms. The SMILES string of the molecule is CN=C(NCCOc1ccccc1Cl)NCCC(F)(F)F.I. The van der Waals surface area contributed by atoms with Gasteiger partial charge in [0.2, 0.25) is 0 Å². The van der Waals surface area contributed by atoms with Crippen LogP contribution < -0.4 is 15.4 Å². The summed E-state index contributed by atoms with van der Waals surface area (Å²) in [4.78, 5) is 3.82. The minimum atomic E-state index is -4.18. The molecule has 1 rings (SSSR count). The van der Waals surface area contributed by atoms with Gasteiger partial charge in [0.05, 0.1) is 18.0 Å². The molecule has 0 radical (unpaired) electrons. The number of ether oxygens (including phenoxy) is 1. The quantitative estimate of drug-likeness (QED) is 0.301. The molecule has 9 heteroatoms. The molecule has 0 heterocycles. The standard InChI is InChI=1S/C13H17ClF3N3O.HI/c1-18-12(19-7-6-13(15,16)17)20-8-9-21-11-5-3-2-4-10(11)14;/h2-5H,6-9H2,1H3,(H2,18,19,20);1H. The molecule has 0 saturated heterocycles. The summed E-state index contributed by atoms with van der Waals surface area (Å²) >= 11 is 5.92. The Morgan fingerprint density at radius 3 is 2.45 bits per heavy atom. The zero-order valence-electron chi connectivity index (χ0n) is 11.9. The van der Waals surface area contributed by atoms with Gasteiger partial charge in [-0.1, -0.05) is 23.7 Å². The van der Waals surface area contributed by atoms with Crippen molar-refractivity contribution < 1.29 is 17.9 Å². The second kappa shape index (κ2) is 10.8. The van der Waals surface area contributed by atoms with Gasteiger partial charge in [-0.15, -0.1) is 24.0 Å². The van der Waals surface area contributed by atoms with E-state index in [1.165, 1.54) is 7.05 Å². The Morgan fingerprint density at radius 2 is 1.86 bits per heavy atom. The zero-order valence-corrected chi connectivity index (χ0v) is 15.0. The monoisotopic (exact) mass is 451 g/mol. The third-order valence-electron chi connectivity index (χ3n) is 2.41. The highest BCUT2D eigenvalue weighted by molar-refractivity contribution is 14.0. The average molecular weight is 452 g/mol. The van der Waals surface area contributed by atoms with E-state index in [0.29, 0.717) is 29.9 Å². The van der Waals surface area contributed by atoms with Crippen molar-refractivity contribution in [3.05, 3.63) is 29.3 Å². The Morgan fingerprint density at radius 1 is 1.23 bits per heavy atom. The Hall–Kier alpha value is -0.900. The van der Waals surface area contributed by atoms with Crippen LogP contribution in [-0.4, -0.2) is 38.9 Å². The van der Waals surface area contributed by atoms with Gasteiger partial charge in [0.25, 0.3) is 0 Å². The van der Waals surface area contributed by atoms with Crippen molar-refractivity contribution in [3.63, 3.8) is 0 Å². The summed E-state index contributed by atoms with van der Waals surface area (Å²) in [5, 5.41) is 5.93. The normalized spacial score (nSPS) is 11.6. The van der Waals surface area contributed by atoms with Crippen molar-refractivity contribution in [2.24, 2.45) is 4.99 Å². The van der Waals surface area contributed by atoms with Gasteiger partial charge in [0, 0.05) is 13.6 Å². The molecule has 1 aromatic carbocycles. The van der Waals surface area contributed by atoms with E-state index < -0.39 is 12.6 Å². The summed E-state index contributed by atoms with van der Waals surface area (Å²) in [7, 11) is 1.48. The van der Waals surface area contributed by atoms with E-state index in [0.717, 1.165) is 0 Å². The second-order valence-corrected chi connectivity index (χ2v) is 4.48. The van der Waals surface area contributed by atoms with Crippen LogP contribution in [0.1, 0.15) is 6.42 Å². The van der Waals surface area contributed by atoms with Gasteiger partial charge in [-0.3, -0.25) is 4.99 Å². The smallest absolute Gasteiger partial charge is 0.390 e. The fraction of sp³-hybridized carbons (Fsp3) is 0.462. The van der Waals surface area contributed by atoms with Crippen LogP contribution in [0.3, 0.4) is 0 Å².